The SMILES string of the molecule is Fc1cc(F)c(C(Br)c2ccccc2Cl)cc1F. The second kappa shape index (κ2) is 5.33. The van der Waals surface area contributed by atoms with Crippen LogP contribution in [0.25, 0.3) is 0 Å². The van der Waals surface area contributed by atoms with Crippen molar-refractivity contribution in [3.05, 3.63) is 70.0 Å². The minimum Gasteiger partial charge on any atom is -0.207 e. The van der Waals surface area contributed by atoms with Crippen molar-refractivity contribution in [1.29, 1.82) is 0 Å². The van der Waals surface area contributed by atoms with Crippen molar-refractivity contribution < 1.29 is 13.2 Å². The average Bonchev–Trinajstić information content (AvgIpc) is 2.33. The Labute approximate surface area is 116 Å². The lowest BCUT2D eigenvalue weighted by molar-refractivity contribution is 0.491. The first-order valence-electron chi connectivity index (χ1n) is 5.03. The molecule has 2 aromatic rings. The van der Waals surface area contributed by atoms with Crippen LogP contribution in [-0.4, -0.2) is 0 Å². The van der Waals surface area contributed by atoms with E-state index in [0.717, 1.165) is 6.07 Å². The molecular weight excluding hydrogens is 328 g/mol. The van der Waals surface area contributed by atoms with Gasteiger partial charge in [0.05, 0.1) is 4.83 Å². The fourth-order valence-corrected chi connectivity index (χ4v) is 2.71. The summed E-state index contributed by atoms with van der Waals surface area (Å²) in [4.78, 5) is -0.638. The first kappa shape index (κ1) is 13.4. The van der Waals surface area contributed by atoms with Gasteiger partial charge in [0.2, 0.25) is 0 Å². The maximum absolute atomic E-state index is 13.6. The molecule has 0 saturated heterocycles. The fraction of sp³-hybridized carbons (Fsp3) is 0.0769. The van der Waals surface area contributed by atoms with Gasteiger partial charge in [-0.05, 0) is 17.7 Å². The molecule has 0 radical (unpaired) electrons. The van der Waals surface area contributed by atoms with Crippen LogP contribution in [0.15, 0.2) is 36.4 Å². The van der Waals surface area contributed by atoms with E-state index in [1.807, 2.05) is 0 Å². The zero-order valence-corrected chi connectivity index (χ0v) is 11.3. The Balaban J connectivity index is 2.50. The Morgan fingerprint density at radius 3 is 2.17 bits per heavy atom. The van der Waals surface area contributed by atoms with Crippen LogP contribution < -0.4 is 0 Å². The van der Waals surface area contributed by atoms with E-state index in [4.69, 9.17) is 11.6 Å². The minimum absolute atomic E-state index is 0.00185. The van der Waals surface area contributed by atoms with E-state index < -0.39 is 22.3 Å². The Kier molecular flexibility index (Phi) is 3.97. The molecule has 0 aliphatic carbocycles. The largest absolute Gasteiger partial charge is 0.207 e. The van der Waals surface area contributed by atoms with Gasteiger partial charge in [0.1, 0.15) is 5.82 Å². The molecule has 0 aromatic heterocycles. The van der Waals surface area contributed by atoms with Crippen LogP contribution in [0.2, 0.25) is 5.02 Å². The Bertz CT molecular complexity index is 586. The summed E-state index contributed by atoms with van der Waals surface area (Å²) in [5.74, 6) is -3.13. The van der Waals surface area contributed by atoms with Gasteiger partial charge < -0.3 is 0 Å². The highest BCUT2D eigenvalue weighted by atomic mass is 79.9. The van der Waals surface area contributed by atoms with E-state index in [-0.39, 0.29) is 5.56 Å². The van der Waals surface area contributed by atoms with Crippen LogP contribution in [0.5, 0.6) is 0 Å². The molecule has 94 valence electrons. The first-order valence-corrected chi connectivity index (χ1v) is 6.33. The van der Waals surface area contributed by atoms with Crippen LogP contribution in [0.1, 0.15) is 16.0 Å². The van der Waals surface area contributed by atoms with Crippen molar-refractivity contribution in [2.75, 3.05) is 0 Å². The first-order chi connectivity index (χ1) is 8.50. The molecule has 0 aliphatic heterocycles. The molecule has 0 nitrogen and oxygen atoms in total. The van der Waals surface area contributed by atoms with Gasteiger partial charge in [-0.25, -0.2) is 13.2 Å². The van der Waals surface area contributed by atoms with Gasteiger partial charge in [0.15, 0.2) is 11.6 Å². The molecule has 0 heterocycles. The Morgan fingerprint density at radius 1 is 0.889 bits per heavy atom. The number of alkyl halides is 1. The van der Waals surface area contributed by atoms with Gasteiger partial charge >= 0.3 is 0 Å². The van der Waals surface area contributed by atoms with Gasteiger partial charge in [-0.3, -0.25) is 0 Å². The van der Waals surface area contributed by atoms with Crippen molar-refractivity contribution >= 4 is 27.5 Å². The number of benzene rings is 2. The summed E-state index contributed by atoms with van der Waals surface area (Å²) in [6, 6.07) is 8.13. The third-order valence-corrected chi connectivity index (χ3v) is 3.82. The molecule has 0 spiro atoms. The van der Waals surface area contributed by atoms with Gasteiger partial charge in [-0.2, -0.15) is 0 Å². The molecule has 0 amide bonds. The lowest BCUT2D eigenvalue weighted by Gasteiger charge is -2.13. The van der Waals surface area contributed by atoms with Gasteiger partial charge in [0, 0.05) is 16.7 Å². The molecule has 5 heteroatoms. The Hall–Kier alpha value is -1.00. The molecule has 2 aromatic carbocycles. The van der Waals surface area contributed by atoms with Crippen molar-refractivity contribution in [1.82, 2.24) is 0 Å². The number of hydrogen-bond donors (Lipinski definition) is 0. The van der Waals surface area contributed by atoms with Crippen LogP contribution in [0.4, 0.5) is 13.2 Å². The van der Waals surface area contributed by atoms with E-state index in [9.17, 15) is 13.2 Å². The second-order valence-corrected chi connectivity index (χ2v) is 4.99. The maximum Gasteiger partial charge on any atom is 0.161 e. The quantitative estimate of drug-likeness (QED) is 0.520. The summed E-state index contributed by atoms with van der Waals surface area (Å²) in [7, 11) is 0. The molecule has 18 heavy (non-hydrogen) atoms. The van der Waals surface area contributed by atoms with Crippen molar-refractivity contribution in [3.8, 4) is 0 Å². The van der Waals surface area contributed by atoms with Gasteiger partial charge in [-0.1, -0.05) is 45.7 Å². The maximum atomic E-state index is 13.6. The molecule has 0 aliphatic rings. The van der Waals surface area contributed by atoms with Crippen molar-refractivity contribution in [2.24, 2.45) is 0 Å². The van der Waals surface area contributed by atoms with Crippen molar-refractivity contribution in [3.63, 3.8) is 0 Å². The van der Waals surface area contributed by atoms with Crippen LogP contribution in [0.3, 0.4) is 0 Å². The van der Waals surface area contributed by atoms with E-state index in [2.05, 4.69) is 15.9 Å². The molecular formula is C13H7BrClF3. The van der Waals surface area contributed by atoms with Crippen LogP contribution >= 0.6 is 27.5 Å². The second-order valence-electron chi connectivity index (χ2n) is 3.67. The highest BCUT2D eigenvalue weighted by Gasteiger charge is 2.19. The van der Waals surface area contributed by atoms with E-state index in [0.29, 0.717) is 16.7 Å². The van der Waals surface area contributed by atoms with E-state index in [1.54, 1.807) is 24.3 Å². The van der Waals surface area contributed by atoms with Gasteiger partial charge in [0.25, 0.3) is 0 Å². The Morgan fingerprint density at radius 2 is 1.50 bits per heavy atom. The monoisotopic (exact) mass is 334 g/mol. The molecule has 0 fully saturated rings. The number of rotatable bonds is 2. The van der Waals surface area contributed by atoms with Crippen molar-refractivity contribution in [2.45, 2.75) is 4.83 Å². The highest BCUT2D eigenvalue weighted by Crippen LogP contribution is 2.36. The third-order valence-electron chi connectivity index (χ3n) is 2.49. The van der Waals surface area contributed by atoms with Gasteiger partial charge in [-0.15, -0.1) is 0 Å². The summed E-state index contributed by atoms with van der Waals surface area (Å²) in [5.41, 5.74) is 0.589. The molecule has 1 unspecified atom stereocenters. The molecule has 0 N–H and O–H groups in total. The summed E-state index contributed by atoms with van der Waals surface area (Å²) < 4.78 is 39.6. The predicted molar refractivity (Wildman–Crippen MR) is 68.5 cm³/mol. The minimum atomic E-state index is -1.21. The smallest absolute Gasteiger partial charge is 0.161 e. The number of hydrogen-bond acceptors (Lipinski definition) is 0. The lowest BCUT2D eigenvalue weighted by atomic mass is 10.0. The zero-order valence-electron chi connectivity index (χ0n) is 8.93. The third kappa shape index (κ3) is 2.54. The normalized spacial score (nSPS) is 12.5. The molecule has 2 rings (SSSR count). The topological polar surface area (TPSA) is 0 Å². The highest BCUT2D eigenvalue weighted by molar-refractivity contribution is 9.09. The van der Waals surface area contributed by atoms with Crippen LogP contribution in [0, 0.1) is 17.5 Å². The standard InChI is InChI=1S/C13H7BrClF3/c14-13(7-3-1-2-4-9(7)15)8-5-11(17)12(18)6-10(8)16/h1-6,13H. The van der Waals surface area contributed by atoms with Crippen LogP contribution in [-0.2, 0) is 0 Å². The molecule has 1 atom stereocenters. The fourth-order valence-electron chi connectivity index (χ4n) is 1.58. The summed E-state index contributed by atoms with van der Waals surface area (Å²) in [6.07, 6.45) is 0. The predicted octanol–water partition coefficient (Wildman–Crippen LogP) is 5.24. The summed E-state index contributed by atoms with van der Waals surface area (Å²) >= 11 is 9.21. The molecule has 0 bridgehead atoms. The lowest BCUT2D eigenvalue weighted by Crippen LogP contribution is -2.00. The molecule has 0 saturated carbocycles. The number of halogens is 5. The zero-order chi connectivity index (χ0) is 13.3. The van der Waals surface area contributed by atoms with E-state index in [1.165, 1.54) is 0 Å². The summed E-state index contributed by atoms with van der Waals surface area (Å²) in [6.45, 7) is 0. The summed E-state index contributed by atoms with van der Waals surface area (Å²) in [5, 5.41) is 0.420. The van der Waals surface area contributed by atoms with E-state index >= 15 is 0 Å². The average molecular weight is 336 g/mol.